The second kappa shape index (κ2) is 6.75. The zero-order valence-corrected chi connectivity index (χ0v) is 13.5. The monoisotopic (exact) mass is 307 g/mol. The van der Waals surface area contributed by atoms with E-state index in [1.54, 1.807) is 6.07 Å². The Kier molecular flexibility index (Phi) is 4.53. The second-order valence-electron chi connectivity index (χ2n) is 5.68. The molecule has 1 heterocycles. The van der Waals surface area contributed by atoms with Crippen molar-refractivity contribution in [2.45, 2.75) is 26.4 Å². The Balaban J connectivity index is 1.89. The van der Waals surface area contributed by atoms with E-state index in [0.717, 1.165) is 12.1 Å². The molecule has 0 bridgehead atoms. The molecule has 0 aliphatic heterocycles. The molecule has 0 saturated carbocycles. The fourth-order valence-electron chi connectivity index (χ4n) is 2.87. The normalized spacial score (nSPS) is 12.7. The van der Waals surface area contributed by atoms with E-state index in [1.807, 2.05) is 24.3 Å². The molecule has 0 saturated heterocycles. The van der Waals surface area contributed by atoms with E-state index in [9.17, 15) is 4.79 Å². The molecule has 1 unspecified atom stereocenters. The lowest BCUT2D eigenvalue weighted by Crippen LogP contribution is -2.28. The summed E-state index contributed by atoms with van der Waals surface area (Å²) in [6.07, 6.45) is 0. The topological polar surface area (TPSA) is 49.0 Å². The summed E-state index contributed by atoms with van der Waals surface area (Å²) < 4.78 is 0. The standard InChI is InChI=1S/C19H21N3O/c1-3-22(14(2)15-9-5-4-6-10-15)13-18-20-17-12-8-7-11-16(17)19(23)21-18/h4-12,14H,3,13H2,1-2H3,(H,20,21,23). The minimum absolute atomic E-state index is 0.0750. The van der Waals surface area contributed by atoms with Crippen molar-refractivity contribution in [1.29, 1.82) is 0 Å². The number of aromatic amines is 1. The van der Waals surface area contributed by atoms with Gasteiger partial charge in [-0.1, -0.05) is 49.4 Å². The zero-order chi connectivity index (χ0) is 16.2. The van der Waals surface area contributed by atoms with Gasteiger partial charge in [-0.15, -0.1) is 0 Å². The van der Waals surface area contributed by atoms with Crippen molar-refractivity contribution in [2.24, 2.45) is 0 Å². The van der Waals surface area contributed by atoms with Crippen molar-refractivity contribution in [3.8, 4) is 0 Å². The van der Waals surface area contributed by atoms with Crippen molar-refractivity contribution in [1.82, 2.24) is 14.9 Å². The van der Waals surface area contributed by atoms with Crippen LogP contribution in [0.15, 0.2) is 59.4 Å². The Morgan fingerprint density at radius 3 is 2.52 bits per heavy atom. The first-order chi connectivity index (χ1) is 11.2. The van der Waals surface area contributed by atoms with Gasteiger partial charge in [-0.05, 0) is 31.2 Å². The van der Waals surface area contributed by atoms with E-state index >= 15 is 0 Å². The smallest absolute Gasteiger partial charge is 0.258 e. The maximum atomic E-state index is 12.2. The number of hydrogen-bond acceptors (Lipinski definition) is 3. The van der Waals surface area contributed by atoms with Gasteiger partial charge in [-0.25, -0.2) is 4.98 Å². The summed E-state index contributed by atoms with van der Waals surface area (Å²) in [7, 11) is 0. The summed E-state index contributed by atoms with van der Waals surface area (Å²) in [6, 6.07) is 18.1. The summed E-state index contributed by atoms with van der Waals surface area (Å²) >= 11 is 0. The quantitative estimate of drug-likeness (QED) is 0.785. The molecule has 0 fully saturated rings. The summed E-state index contributed by atoms with van der Waals surface area (Å²) in [4.78, 5) is 22.0. The van der Waals surface area contributed by atoms with Crippen LogP contribution in [0.1, 0.15) is 31.3 Å². The van der Waals surface area contributed by atoms with E-state index < -0.39 is 0 Å². The van der Waals surface area contributed by atoms with Gasteiger partial charge in [0, 0.05) is 6.04 Å². The van der Waals surface area contributed by atoms with Crippen LogP contribution in [0.25, 0.3) is 10.9 Å². The summed E-state index contributed by atoms with van der Waals surface area (Å²) in [5, 5.41) is 0.635. The predicted molar refractivity (Wildman–Crippen MR) is 93.3 cm³/mol. The number of hydrogen-bond donors (Lipinski definition) is 1. The second-order valence-corrected chi connectivity index (χ2v) is 5.68. The lowest BCUT2D eigenvalue weighted by atomic mass is 10.1. The summed E-state index contributed by atoms with van der Waals surface area (Å²) in [5.74, 6) is 0.707. The number of nitrogens with zero attached hydrogens (tertiary/aromatic N) is 2. The van der Waals surface area contributed by atoms with Crippen LogP contribution < -0.4 is 5.56 Å². The first kappa shape index (κ1) is 15.4. The molecule has 3 rings (SSSR count). The first-order valence-corrected chi connectivity index (χ1v) is 7.96. The molecule has 0 aliphatic rings. The van der Waals surface area contributed by atoms with Gasteiger partial charge < -0.3 is 4.98 Å². The third kappa shape index (κ3) is 3.32. The highest BCUT2D eigenvalue weighted by Crippen LogP contribution is 2.21. The number of para-hydroxylation sites is 1. The Morgan fingerprint density at radius 2 is 1.78 bits per heavy atom. The van der Waals surface area contributed by atoms with Gasteiger partial charge in [0.15, 0.2) is 0 Å². The van der Waals surface area contributed by atoms with E-state index in [2.05, 4.69) is 53.0 Å². The Hall–Kier alpha value is -2.46. The summed E-state index contributed by atoms with van der Waals surface area (Å²) in [6.45, 7) is 5.80. The summed E-state index contributed by atoms with van der Waals surface area (Å²) in [5.41, 5.74) is 1.93. The van der Waals surface area contributed by atoms with E-state index in [4.69, 9.17) is 0 Å². The highest BCUT2D eigenvalue weighted by Gasteiger charge is 2.15. The van der Waals surface area contributed by atoms with Crippen molar-refractivity contribution in [3.63, 3.8) is 0 Å². The highest BCUT2D eigenvalue weighted by molar-refractivity contribution is 5.77. The van der Waals surface area contributed by atoms with Crippen molar-refractivity contribution in [3.05, 3.63) is 76.3 Å². The maximum absolute atomic E-state index is 12.2. The Morgan fingerprint density at radius 1 is 1.09 bits per heavy atom. The predicted octanol–water partition coefficient (Wildman–Crippen LogP) is 3.51. The van der Waals surface area contributed by atoms with E-state index in [0.29, 0.717) is 17.8 Å². The van der Waals surface area contributed by atoms with Crippen LogP contribution >= 0.6 is 0 Å². The number of aromatic nitrogens is 2. The molecule has 3 aromatic rings. The van der Waals surface area contributed by atoms with E-state index in [1.165, 1.54) is 5.56 Å². The highest BCUT2D eigenvalue weighted by atomic mass is 16.1. The van der Waals surface area contributed by atoms with Gasteiger partial charge in [-0.3, -0.25) is 9.69 Å². The first-order valence-electron chi connectivity index (χ1n) is 7.96. The molecule has 23 heavy (non-hydrogen) atoms. The number of nitrogens with one attached hydrogen (secondary N) is 1. The van der Waals surface area contributed by atoms with Gasteiger partial charge in [-0.2, -0.15) is 0 Å². The lowest BCUT2D eigenvalue weighted by Gasteiger charge is -2.27. The third-order valence-electron chi connectivity index (χ3n) is 4.25. The SMILES string of the molecule is CCN(Cc1nc2ccccc2c(=O)[nH]1)C(C)c1ccccc1. The van der Waals surface area contributed by atoms with Gasteiger partial charge in [0.05, 0.1) is 17.4 Å². The third-order valence-corrected chi connectivity index (χ3v) is 4.25. The lowest BCUT2D eigenvalue weighted by molar-refractivity contribution is 0.207. The van der Waals surface area contributed by atoms with E-state index in [-0.39, 0.29) is 11.6 Å². The molecule has 4 heteroatoms. The Labute approximate surface area is 135 Å². The fraction of sp³-hybridized carbons (Fsp3) is 0.263. The van der Waals surface area contributed by atoms with Crippen molar-refractivity contribution >= 4 is 10.9 Å². The largest absolute Gasteiger partial charge is 0.309 e. The minimum Gasteiger partial charge on any atom is -0.309 e. The molecular weight excluding hydrogens is 286 g/mol. The molecule has 0 aliphatic carbocycles. The van der Waals surface area contributed by atoms with Crippen LogP contribution in [0, 0.1) is 0 Å². The van der Waals surface area contributed by atoms with Crippen LogP contribution in [-0.2, 0) is 6.54 Å². The maximum Gasteiger partial charge on any atom is 0.258 e. The van der Waals surface area contributed by atoms with Gasteiger partial charge in [0.1, 0.15) is 5.82 Å². The molecule has 118 valence electrons. The van der Waals surface area contributed by atoms with Gasteiger partial charge in [0.2, 0.25) is 0 Å². The van der Waals surface area contributed by atoms with Crippen LogP contribution in [-0.4, -0.2) is 21.4 Å². The Bertz CT molecular complexity index is 842. The molecule has 0 radical (unpaired) electrons. The molecule has 0 spiro atoms. The molecule has 1 N–H and O–H groups in total. The number of benzene rings is 2. The van der Waals surface area contributed by atoms with Gasteiger partial charge in [0.25, 0.3) is 5.56 Å². The van der Waals surface area contributed by atoms with Crippen LogP contribution in [0.4, 0.5) is 0 Å². The molecule has 1 atom stereocenters. The van der Waals surface area contributed by atoms with Crippen LogP contribution in [0.2, 0.25) is 0 Å². The zero-order valence-electron chi connectivity index (χ0n) is 13.5. The minimum atomic E-state index is -0.0750. The van der Waals surface area contributed by atoms with Gasteiger partial charge >= 0.3 is 0 Å². The molecular formula is C19H21N3O. The average Bonchev–Trinajstić information content (AvgIpc) is 2.60. The average molecular weight is 307 g/mol. The van der Waals surface area contributed by atoms with Crippen LogP contribution in [0.3, 0.4) is 0 Å². The van der Waals surface area contributed by atoms with Crippen LogP contribution in [0.5, 0.6) is 0 Å². The fourth-order valence-corrected chi connectivity index (χ4v) is 2.87. The number of H-pyrrole nitrogens is 1. The number of fused-ring (bicyclic) bond motifs is 1. The number of rotatable bonds is 5. The van der Waals surface area contributed by atoms with Crippen molar-refractivity contribution in [2.75, 3.05) is 6.54 Å². The molecule has 1 aromatic heterocycles. The molecule has 4 nitrogen and oxygen atoms in total. The van der Waals surface area contributed by atoms with Crippen molar-refractivity contribution < 1.29 is 0 Å². The molecule has 0 amide bonds. The molecule has 2 aromatic carbocycles.